The number of rotatable bonds is 3. The molecule has 3 rings (SSSR count). The predicted molar refractivity (Wildman–Crippen MR) is 73.1 cm³/mol. The smallest absolute Gasteiger partial charge is 0.268 e. The number of alkyl halides is 1. The van der Waals surface area contributed by atoms with E-state index in [4.69, 9.17) is 16.1 Å². The normalized spacial score (nSPS) is 16.6. The van der Waals surface area contributed by atoms with Gasteiger partial charge in [-0.15, -0.1) is 22.9 Å². The van der Waals surface area contributed by atoms with E-state index in [9.17, 15) is 0 Å². The lowest BCUT2D eigenvalue weighted by Crippen LogP contribution is -1.96. The molecule has 2 aromatic heterocycles. The Kier molecular flexibility index (Phi) is 3.39. The third-order valence-electron chi connectivity index (χ3n) is 3.29. The van der Waals surface area contributed by atoms with Crippen LogP contribution in [0.4, 0.5) is 0 Å². The zero-order chi connectivity index (χ0) is 12.5. The molecule has 0 aromatic carbocycles. The van der Waals surface area contributed by atoms with Crippen molar-refractivity contribution >= 4 is 22.9 Å². The van der Waals surface area contributed by atoms with Crippen LogP contribution < -0.4 is 0 Å². The van der Waals surface area contributed by atoms with Crippen LogP contribution in [0.3, 0.4) is 0 Å². The van der Waals surface area contributed by atoms with Crippen molar-refractivity contribution in [1.29, 1.82) is 0 Å². The first-order chi connectivity index (χ1) is 8.78. The minimum atomic E-state index is -0.155. The largest absolute Gasteiger partial charge is 0.333 e. The Hall–Kier alpha value is -0.870. The first-order valence-electron chi connectivity index (χ1n) is 6.37. The van der Waals surface area contributed by atoms with Gasteiger partial charge in [-0.25, -0.2) is 0 Å². The molecule has 0 radical (unpaired) electrons. The highest BCUT2D eigenvalue weighted by Gasteiger charge is 2.19. The minimum absolute atomic E-state index is 0.155. The molecule has 3 nitrogen and oxygen atoms in total. The van der Waals surface area contributed by atoms with Crippen molar-refractivity contribution in [3.8, 4) is 10.8 Å². The van der Waals surface area contributed by atoms with E-state index in [-0.39, 0.29) is 5.38 Å². The summed E-state index contributed by atoms with van der Waals surface area (Å²) in [5.41, 5.74) is 1.46. The van der Waals surface area contributed by atoms with E-state index in [0.717, 1.165) is 11.3 Å². The maximum atomic E-state index is 6.11. The second-order valence-corrected chi connectivity index (χ2v) is 6.26. The minimum Gasteiger partial charge on any atom is -0.333 e. The van der Waals surface area contributed by atoms with Crippen LogP contribution in [-0.2, 0) is 12.8 Å². The molecule has 0 bridgehead atoms. The molecular weight excluding hydrogens is 268 g/mol. The molecule has 0 spiro atoms. The summed E-state index contributed by atoms with van der Waals surface area (Å²) in [4.78, 5) is 6.96. The summed E-state index contributed by atoms with van der Waals surface area (Å²) in [6, 6.07) is 2.20. The maximum absolute atomic E-state index is 6.11. The lowest BCUT2D eigenvalue weighted by molar-refractivity contribution is 0.422. The number of thiophene rings is 1. The number of nitrogens with zero attached hydrogens (tertiary/aromatic N) is 2. The van der Waals surface area contributed by atoms with Gasteiger partial charge in [0.05, 0.1) is 10.3 Å². The van der Waals surface area contributed by atoms with Crippen molar-refractivity contribution in [3.05, 3.63) is 22.3 Å². The molecular formula is C13H15ClN2OS. The Morgan fingerprint density at radius 3 is 3.06 bits per heavy atom. The van der Waals surface area contributed by atoms with E-state index in [1.807, 2.05) is 6.92 Å². The van der Waals surface area contributed by atoms with Gasteiger partial charge >= 0.3 is 0 Å². The lowest BCUT2D eigenvalue weighted by atomic mass is 9.99. The molecule has 0 aliphatic heterocycles. The number of hydrogen-bond donors (Lipinski definition) is 0. The predicted octanol–water partition coefficient (Wildman–Crippen LogP) is 4.37. The van der Waals surface area contributed by atoms with Gasteiger partial charge in [0.25, 0.3) is 5.89 Å². The molecule has 1 aliphatic carbocycles. The first kappa shape index (κ1) is 12.2. The molecule has 5 heteroatoms. The van der Waals surface area contributed by atoms with Gasteiger partial charge in [0.1, 0.15) is 0 Å². The lowest BCUT2D eigenvalue weighted by Gasteiger charge is -2.08. The van der Waals surface area contributed by atoms with E-state index in [0.29, 0.717) is 11.7 Å². The number of halogens is 1. The molecule has 2 aromatic rings. The van der Waals surface area contributed by atoms with Gasteiger partial charge in [-0.05, 0) is 43.7 Å². The summed E-state index contributed by atoms with van der Waals surface area (Å²) in [5, 5.41) is 3.80. The molecule has 1 aliphatic rings. The molecule has 1 unspecified atom stereocenters. The fourth-order valence-electron chi connectivity index (χ4n) is 2.24. The summed E-state index contributed by atoms with van der Waals surface area (Å²) in [5.74, 6) is 1.21. The molecule has 2 heterocycles. The van der Waals surface area contributed by atoms with Gasteiger partial charge in [0.2, 0.25) is 0 Å². The molecule has 0 saturated carbocycles. The van der Waals surface area contributed by atoms with Gasteiger partial charge in [-0.2, -0.15) is 4.98 Å². The Labute approximate surface area is 115 Å². The van der Waals surface area contributed by atoms with Crippen molar-refractivity contribution in [1.82, 2.24) is 10.1 Å². The number of hydrogen-bond acceptors (Lipinski definition) is 4. The van der Waals surface area contributed by atoms with E-state index in [2.05, 4.69) is 16.2 Å². The average molecular weight is 283 g/mol. The Balaban J connectivity index is 1.90. The molecule has 0 saturated heterocycles. The van der Waals surface area contributed by atoms with Crippen LogP contribution >= 0.6 is 22.9 Å². The zero-order valence-corrected chi connectivity index (χ0v) is 11.9. The molecule has 1 atom stereocenters. The Morgan fingerprint density at radius 1 is 1.44 bits per heavy atom. The summed E-state index contributed by atoms with van der Waals surface area (Å²) in [6.07, 6.45) is 5.76. The van der Waals surface area contributed by atoms with Crippen molar-refractivity contribution in [2.24, 2.45) is 0 Å². The van der Waals surface area contributed by atoms with Crippen LogP contribution in [-0.4, -0.2) is 10.1 Å². The van der Waals surface area contributed by atoms with Gasteiger partial charge in [0, 0.05) is 4.88 Å². The average Bonchev–Trinajstić information content (AvgIpc) is 3.03. The molecule has 96 valence electrons. The molecule has 0 N–H and O–H groups in total. The topological polar surface area (TPSA) is 38.9 Å². The standard InChI is InChI=1S/C13H15ClN2OS/c1-2-9(14)12-15-13(17-16-12)11-7-8-5-3-4-6-10(8)18-11/h7,9H,2-6H2,1H3. The summed E-state index contributed by atoms with van der Waals surface area (Å²) < 4.78 is 5.32. The third kappa shape index (κ3) is 2.19. The van der Waals surface area contributed by atoms with Crippen LogP contribution in [0.1, 0.15) is 47.8 Å². The second kappa shape index (κ2) is 5.02. The van der Waals surface area contributed by atoms with E-state index in [1.54, 1.807) is 11.3 Å². The van der Waals surface area contributed by atoms with Gasteiger partial charge < -0.3 is 4.52 Å². The highest BCUT2D eigenvalue weighted by molar-refractivity contribution is 7.15. The maximum Gasteiger partial charge on any atom is 0.268 e. The Bertz CT molecular complexity index is 525. The quantitative estimate of drug-likeness (QED) is 0.785. The van der Waals surface area contributed by atoms with Crippen LogP contribution in [0.15, 0.2) is 10.6 Å². The summed E-state index contributed by atoms with van der Waals surface area (Å²) in [6.45, 7) is 2.01. The van der Waals surface area contributed by atoms with Crippen LogP contribution in [0.25, 0.3) is 10.8 Å². The number of aromatic nitrogens is 2. The van der Waals surface area contributed by atoms with E-state index in [1.165, 1.54) is 36.1 Å². The fourth-order valence-corrected chi connectivity index (χ4v) is 3.50. The zero-order valence-electron chi connectivity index (χ0n) is 10.3. The highest BCUT2D eigenvalue weighted by atomic mass is 35.5. The van der Waals surface area contributed by atoms with Crippen molar-refractivity contribution in [2.75, 3.05) is 0 Å². The SMILES string of the molecule is CCC(Cl)c1noc(-c2cc3c(s2)CCCC3)n1. The molecule has 0 amide bonds. The van der Waals surface area contributed by atoms with Crippen LogP contribution in [0, 0.1) is 0 Å². The van der Waals surface area contributed by atoms with Gasteiger partial charge in [0.15, 0.2) is 5.82 Å². The van der Waals surface area contributed by atoms with Gasteiger partial charge in [-0.1, -0.05) is 12.1 Å². The second-order valence-electron chi connectivity index (χ2n) is 4.60. The van der Waals surface area contributed by atoms with E-state index < -0.39 is 0 Å². The third-order valence-corrected chi connectivity index (χ3v) is 5.02. The highest BCUT2D eigenvalue weighted by Crippen LogP contribution is 2.35. The fraction of sp³-hybridized carbons (Fsp3) is 0.538. The number of fused-ring (bicyclic) bond motifs is 1. The van der Waals surface area contributed by atoms with Crippen molar-refractivity contribution in [2.45, 2.75) is 44.4 Å². The molecule has 0 fully saturated rings. The van der Waals surface area contributed by atoms with E-state index >= 15 is 0 Å². The van der Waals surface area contributed by atoms with Crippen molar-refractivity contribution in [3.63, 3.8) is 0 Å². The monoisotopic (exact) mass is 282 g/mol. The van der Waals surface area contributed by atoms with Gasteiger partial charge in [-0.3, -0.25) is 0 Å². The Morgan fingerprint density at radius 2 is 2.28 bits per heavy atom. The summed E-state index contributed by atoms with van der Waals surface area (Å²) in [7, 11) is 0. The molecule has 18 heavy (non-hydrogen) atoms. The van der Waals surface area contributed by atoms with Crippen LogP contribution in [0.5, 0.6) is 0 Å². The van der Waals surface area contributed by atoms with Crippen molar-refractivity contribution < 1.29 is 4.52 Å². The number of aryl methyl sites for hydroxylation is 2. The first-order valence-corrected chi connectivity index (χ1v) is 7.63. The summed E-state index contributed by atoms with van der Waals surface area (Å²) >= 11 is 7.89. The van der Waals surface area contributed by atoms with Crippen LogP contribution in [0.2, 0.25) is 0 Å².